The molecule has 10 heteroatoms. The first-order valence-corrected chi connectivity index (χ1v) is 12.4. The Kier molecular flexibility index (Phi) is 7.15. The van der Waals surface area contributed by atoms with Crippen molar-refractivity contribution in [2.24, 2.45) is 0 Å². The van der Waals surface area contributed by atoms with Crippen molar-refractivity contribution in [3.63, 3.8) is 0 Å². The first-order valence-electron chi connectivity index (χ1n) is 11.6. The van der Waals surface area contributed by atoms with Gasteiger partial charge in [-0.1, -0.05) is 58.6 Å². The molecule has 0 amide bonds. The third-order valence-corrected chi connectivity index (χ3v) is 6.79. The molecule has 2 unspecified atom stereocenters. The van der Waals surface area contributed by atoms with E-state index in [1.165, 1.54) is 6.33 Å². The number of aromatic nitrogens is 3. The SMILES string of the molecule is Cc1ccc(C(=O)OC[C@H]2OC(n3cc(Cl)c4c(Cl)ncnc43)CC2OC(=O)c2ccc(C)cc2)cc1. The fourth-order valence-electron chi connectivity index (χ4n) is 4.20. The second-order valence-corrected chi connectivity index (χ2v) is 9.65. The molecule has 2 aromatic heterocycles. The normalized spacial score (nSPS) is 19.2. The highest BCUT2D eigenvalue weighted by molar-refractivity contribution is 6.41. The number of esters is 2. The van der Waals surface area contributed by atoms with Crippen LogP contribution in [0.15, 0.2) is 61.1 Å². The number of hydrogen-bond donors (Lipinski definition) is 0. The molecule has 0 N–H and O–H groups in total. The molecule has 4 aromatic rings. The number of ether oxygens (including phenoxy) is 3. The molecule has 0 saturated carbocycles. The molecule has 1 saturated heterocycles. The highest BCUT2D eigenvalue weighted by Gasteiger charge is 2.41. The Morgan fingerprint density at radius 1 is 0.973 bits per heavy atom. The maximum absolute atomic E-state index is 12.9. The van der Waals surface area contributed by atoms with Gasteiger partial charge in [-0.15, -0.1) is 0 Å². The lowest BCUT2D eigenvalue weighted by Crippen LogP contribution is -2.32. The minimum absolute atomic E-state index is 0.113. The summed E-state index contributed by atoms with van der Waals surface area (Å²) < 4.78 is 19.3. The molecular weight excluding hydrogens is 517 g/mol. The van der Waals surface area contributed by atoms with E-state index in [2.05, 4.69) is 9.97 Å². The molecule has 8 nitrogen and oxygen atoms in total. The third-order valence-electron chi connectivity index (χ3n) is 6.22. The molecule has 190 valence electrons. The van der Waals surface area contributed by atoms with Gasteiger partial charge in [-0.05, 0) is 38.1 Å². The second kappa shape index (κ2) is 10.5. The quantitative estimate of drug-likeness (QED) is 0.228. The summed E-state index contributed by atoms with van der Waals surface area (Å²) in [5, 5.41) is 1.08. The number of hydrogen-bond acceptors (Lipinski definition) is 7. The number of fused-ring (bicyclic) bond motifs is 1. The van der Waals surface area contributed by atoms with Crippen LogP contribution in [0.1, 0.15) is 44.5 Å². The summed E-state index contributed by atoms with van der Waals surface area (Å²) in [6.45, 7) is 3.76. The van der Waals surface area contributed by atoms with Crippen molar-refractivity contribution in [3.8, 4) is 0 Å². The first-order chi connectivity index (χ1) is 17.8. The molecule has 1 fully saturated rings. The van der Waals surface area contributed by atoms with Gasteiger partial charge in [-0.3, -0.25) is 0 Å². The second-order valence-electron chi connectivity index (χ2n) is 8.89. The Morgan fingerprint density at radius 3 is 2.24 bits per heavy atom. The van der Waals surface area contributed by atoms with E-state index in [0.717, 1.165) is 11.1 Å². The molecule has 2 aromatic carbocycles. The summed E-state index contributed by atoms with van der Waals surface area (Å²) in [6, 6.07) is 14.1. The van der Waals surface area contributed by atoms with E-state index in [4.69, 9.17) is 37.4 Å². The number of halogens is 2. The van der Waals surface area contributed by atoms with Crippen molar-refractivity contribution in [3.05, 3.63) is 93.5 Å². The summed E-state index contributed by atoms with van der Waals surface area (Å²) in [5.41, 5.74) is 3.37. The van der Waals surface area contributed by atoms with Crippen LogP contribution in [0.4, 0.5) is 0 Å². The molecule has 0 aliphatic carbocycles. The average molecular weight is 540 g/mol. The monoisotopic (exact) mass is 539 g/mol. The molecule has 37 heavy (non-hydrogen) atoms. The molecule has 0 spiro atoms. The molecule has 1 aliphatic heterocycles. The van der Waals surface area contributed by atoms with Crippen molar-refractivity contribution in [2.45, 2.75) is 38.7 Å². The fourth-order valence-corrected chi connectivity index (χ4v) is 4.75. The van der Waals surface area contributed by atoms with Gasteiger partial charge in [0.15, 0.2) is 0 Å². The zero-order valence-electron chi connectivity index (χ0n) is 20.1. The van der Waals surface area contributed by atoms with Crippen LogP contribution in [0.2, 0.25) is 10.2 Å². The van der Waals surface area contributed by atoms with Gasteiger partial charge in [-0.2, -0.15) is 0 Å². The minimum atomic E-state index is -0.720. The van der Waals surface area contributed by atoms with E-state index in [-0.39, 0.29) is 18.2 Å². The lowest BCUT2D eigenvalue weighted by molar-refractivity contribution is -0.0562. The van der Waals surface area contributed by atoms with E-state index in [1.54, 1.807) is 35.0 Å². The Balaban J connectivity index is 1.38. The zero-order valence-corrected chi connectivity index (χ0v) is 21.6. The highest BCUT2D eigenvalue weighted by Crippen LogP contribution is 2.37. The van der Waals surface area contributed by atoms with Crippen molar-refractivity contribution in [1.82, 2.24) is 14.5 Å². The van der Waals surface area contributed by atoms with Crippen LogP contribution in [0.5, 0.6) is 0 Å². The van der Waals surface area contributed by atoms with Gasteiger partial charge in [0.1, 0.15) is 42.2 Å². The smallest absolute Gasteiger partial charge is 0.338 e. The maximum Gasteiger partial charge on any atom is 0.338 e. The Hall–Kier alpha value is -3.46. The van der Waals surface area contributed by atoms with Crippen molar-refractivity contribution in [1.29, 1.82) is 0 Å². The number of benzene rings is 2. The van der Waals surface area contributed by atoms with Gasteiger partial charge in [-0.25, -0.2) is 19.6 Å². The van der Waals surface area contributed by atoms with Gasteiger partial charge in [0, 0.05) is 12.6 Å². The standard InChI is InChI=1S/C27H23Cl2N3O5/c1-15-3-7-17(8-4-15)26(33)35-13-21-20(37-27(34)18-9-5-16(2)6-10-18)11-22(36-21)32-12-19(28)23-24(29)30-14-31-25(23)32/h3-10,12,14,20-22H,11,13H2,1-2H3/t20?,21-,22?/m1/s1. The van der Waals surface area contributed by atoms with Crippen molar-refractivity contribution in [2.75, 3.05) is 6.61 Å². The van der Waals surface area contributed by atoms with E-state index in [1.807, 2.05) is 38.1 Å². The van der Waals surface area contributed by atoms with Crippen molar-refractivity contribution >= 4 is 46.2 Å². The zero-order chi connectivity index (χ0) is 26.1. The van der Waals surface area contributed by atoms with Crippen LogP contribution in [0.25, 0.3) is 11.0 Å². The minimum Gasteiger partial charge on any atom is -0.459 e. The molecule has 1 aliphatic rings. The van der Waals surface area contributed by atoms with Crippen LogP contribution in [0, 0.1) is 13.8 Å². The lowest BCUT2D eigenvalue weighted by Gasteiger charge is -2.19. The molecule has 3 atom stereocenters. The molecule has 0 radical (unpaired) electrons. The Morgan fingerprint density at radius 2 is 1.59 bits per heavy atom. The van der Waals surface area contributed by atoms with Crippen LogP contribution in [-0.2, 0) is 14.2 Å². The lowest BCUT2D eigenvalue weighted by atomic mass is 10.1. The third kappa shape index (κ3) is 5.32. The van der Waals surface area contributed by atoms with E-state index < -0.39 is 30.4 Å². The molecular formula is C27H23Cl2N3O5. The van der Waals surface area contributed by atoms with Crippen LogP contribution < -0.4 is 0 Å². The predicted octanol–water partition coefficient (Wildman–Crippen LogP) is 5.73. The van der Waals surface area contributed by atoms with Crippen LogP contribution in [0.3, 0.4) is 0 Å². The average Bonchev–Trinajstić information content (AvgIpc) is 3.44. The fraction of sp³-hybridized carbons (Fsp3) is 0.259. The van der Waals surface area contributed by atoms with Gasteiger partial charge in [0.2, 0.25) is 0 Å². The Bertz CT molecular complexity index is 1450. The number of rotatable bonds is 6. The van der Waals surface area contributed by atoms with Crippen LogP contribution in [-0.4, -0.2) is 45.3 Å². The van der Waals surface area contributed by atoms with Gasteiger partial charge >= 0.3 is 11.9 Å². The van der Waals surface area contributed by atoms with Gasteiger partial charge in [0.25, 0.3) is 0 Å². The Labute approximate surface area is 223 Å². The molecule has 3 heterocycles. The van der Waals surface area contributed by atoms with E-state index in [9.17, 15) is 9.59 Å². The first kappa shape index (κ1) is 25.2. The summed E-state index contributed by atoms with van der Waals surface area (Å²) in [5.74, 6) is -0.991. The summed E-state index contributed by atoms with van der Waals surface area (Å²) in [6.07, 6.45) is 1.26. The van der Waals surface area contributed by atoms with Crippen molar-refractivity contribution < 1.29 is 23.8 Å². The summed E-state index contributed by atoms with van der Waals surface area (Å²) in [4.78, 5) is 33.8. The van der Waals surface area contributed by atoms with Crippen LogP contribution >= 0.6 is 23.2 Å². The predicted molar refractivity (Wildman–Crippen MR) is 138 cm³/mol. The maximum atomic E-state index is 12.9. The molecule has 0 bridgehead atoms. The van der Waals surface area contributed by atoms with E-state index >= 15 is 0 Å². The van der Waals surface area contributed by atoms with Gasteiger partial charge < -0.3 is 18.8 Å². The molecule has 5 rings (SSSR count). The number of aryl methyl sites for hydroxylation is 2. The number of carbonyl (C=O) groups excluding carboxylic acids is 2. The topological polar surface area (TPSA) is 92.5 Å². The number of nitrogens with zero attached hydrogens (tertiary/aromatic N) is 3. The summed E-state index contributed by atoms with van der Waals surface area (Å²) in [7, 11) is 0. The number of carbonyl (C=O) groups is 2. The largest absolute Gasteiger partial charge is 0.459 e. The summed E-state index contributed by atoms with van der Waals surface area (Å²) >= 11 is 12.6. The van der Waals surface area contributed by atoms with E-state index in [0.29, 0.717) is 27.2 Å². The van der Waals surface area contributed by atoms with Gasteiger partial charge in [0.05, 0.1) is 21.5 Å². The highest BCUT2D eigenvalue weighted by atomic mass is 35.5.